The highest BCUT2D eigenvalue weighted by atomic mass is 16.3. The van der Waals surface area contributed by atoms with Gasteiger partial charge in [-0.3, -0.25) is 9.78 Å². The number of hydrogen-bond acceptors (Lipinski definition) is 3. The molecule has 0 saturated heterocycles. The normalized spacial score (nSPS) is 33.6. The second-order valence-corrected chi connectivity index (χ2v) is 8.45. The third kappa shape index (κ3) is 3.21. The predicted molar refractivity (Wildman–Crippen MR) is 92.2 cm³/mol. The summed E-state index contributed by atoms with van der Waals surface area (Å²) in [6.45, 7) is 1.33. The maximum Gasteiger partial charge on any atom is 0.228 e. The van der Waals surface area contributed by atoms with Gasteiger partial charge in [-0.05, 0) is 73.8 Å². The van der Waals surface area contributed by atoms with Gasteiger partial charge in [0.25, 0.3) is 0 Å². The van der Waals surface area contributed by atoms with Crippen molar-refractivity contribution in [1.29, 1.82) is 0 Å². The number of aliphatic hydroxyl groups is 1. The SMILES string of the molecule is O=C(Cc1ccccn1)N(CCO)CC12CC3CC(CC(C3)C1)C2. The zero-order chi connectivity index (χ0) is 16.6. The lowest BCUT2D eigenvalue weighted by molar-refractivity contribution is -0.137. The Labute approximate surface area is 144 Å². The smallest absolute Gasteiger partial charge is 0.228 e. The van der Waals surface area contributed by atoms with E-state index in [0.717, 1.165) is 30.0 Å². The summed E-state index contributed by atoms with van der Waals surface area (Å²) in [6.07, 6.45) is 10.2. The van der Waals surface area contributed by atoms with Crippen LogP contribution < -0.4 is 0 Å². The molecule has 1 N–H and O–H groups in total. The first kappa shape index (κ1) is 16.1. The van der Waals surface area contributed by atoms with E-state index in [0.29, 0.717) is 18.4 Å². The van der Waals surface area contributed by atoms with Gasteiger partial charge < -0.3 is 10.0 Å². The molecular formula is C20H28N2O2. The van der Waals surface area contributed by atoms with Gasteiger partial charge in [0.1, 0.15) is 0 Å². The maximum atomic E-state index is 12.8. The standard InChI is InChI=1S/C20H28N2O2/c23-6-5-22(19(24)10-18-3-1-2-4-21-18)14-20-11-15-7-16(12-20)9-17(8-15)13-20/h1-4,15-17,23H,5-14H2. The van der Waals surface area contributed by atoms with Gasteiger partial charge in [0.15, 0.2) is 0 Å². The van der Waals surface area contributed by atoms with Crippen molar-refractivity contribution in [3.05, 3.63) is 30.1 Å². The Hall–Kier alpha value is -1.42. The molecule has 0 radical (unpaired) electrons. The molecule has 0 aliphatic heterocycles. The fraction of sp³-hybridized carbons (Fsp3) is 0.700. The Bertz CT molecular complexity index is 551. The average Bonchev–Trinajstić information content (AvgIpc) is 2.54. The van der Waals surface area contributed by atoms with Gasteiger partial charge in [0, 0.05) is 25.0 Å². The number of nitrogens with zero attached hydrogens (tertiary/aromatic N) is 2. The van der Waals surface area contributed by atoms with Crippen LogP contribution >= 0.6 is 0 Å². The van der Waals surface area contributed by atoms with E-state index < -0.39 is 0 Å². The zero-order valence-electron chi connectivity index (χ0n) is 14.4. The average molecular weight is 328 g/mol. The van der Waals surface area contributed by atoms with Crippen LogP contribution in [0.3, 0.4) is 0 Å². The summed E-state index contributed by atoms with van der Waals surface area (Å²) >= 11 is 0. The molecule has 1 aromatic rings. The lowest BCUT2D eigenvalue weighted by Gasteiger charge is -2.57. The molecule has 130 valence electrons. The Kier molecular flexibility index (Phi) is 4.33. The number of hydrogen-bond donors (Lipinski definition) is 1. The Morgan fingerprint density at radius 3 is 2.38 bits per heavy atom. The van der Waals surface area contributed by atoms with Crippen molar-refractivity contribution in [2.24, 2.45) is 23.2 Å². The van der Waals surface area contributed by atoms with Gasteiger partial charge in [-0.25, -0.2) is 0 Å². The van der Waals surface area contributed by atoms with E-state index in [9.17, 15) is 9.90 Å². The molecule has 0 aromatic carbocycles. The third-order valence-electron chi connectivity index (χ3n) is 6.47. The molecule has 0 spiro atoms. The summed E-state index contributed by atoms with van der Waals surface area (Å²) in [4.78, 5) is 19.0. The van der Waals surface area contributed by atoms with E-state index in [2.05, 4.69) is 4.98 Å². The number of aromatic nitrogens is 1. The Morgan fingerprint density at radius 2 is 1.83 bits per heavy atom. The third-order valence-corrected chi connectivity index (χ3v) is 6.47. The summed E-state index contributed by atoms with van der Waals surface area (Å²) in [6, 6.07) is 5.69. The van der Waals surface area contributed by atoms with Crippen molar-refractivity contribution >= 4 is 5.91 Å². The highest BCUT2D eigenvalue weighted by Gasteiger charge is 2.51. The fourth-order valence-electron chi connectivity index (χ4n) is 6.07. The Morgan fingerprint density at radius 1 is 1.17 bits per heavy atom. The summed E-state index contributed by atoms with van der Waals surface area (Å²) in [7, 11) is 0. The van der Waals surface area contributed by atoms with Crippen molar-refractivity contribution in [2.45, 2.75) is 44.9 Å². The zero-order valence-corrected chi connectivity index (χ0v) is 14.4. The van der Waals surface area contributed by atoms with Gasteiger partial charge in [0.2, 0.25) is 5.91 Å². The molecule has 4 bridgehead atoms. The summed E-state index contributed by atoms with van der Waals surface area (Å²) < 4.78 is 0. The van der Waals surface area contributed by atoms with Gasteiger partial charge in [0.05, 0.1) is 13.0 Å². The predicted octanol–water partition coefficient (Wildman–Crippen LogP) is 2.66. The lowest BCUT2D eigenvalue weighted by Crippen LogP contribution is -2.52. The van der Waals surface area contributed by atoms with Crippen LogP contribution in [0.2, 0.25) is 0 Å². The molecule has 4 aliphatic carbocycles. The summed E-state index contributed by atoms with van der Waals surface area (Å²) in [5, 5.41) is 9.46. The quantitative estimate of drug-likeness (QED) is 0.873. The minimum Gasteiger partial charge on any atom is -0.395 e. The van der Waals surface area contributed by atoms with Gasteiger partial charge >= 0.3 is 0 Å². The van der Waals surface area contributed by atoms with E-state index in [1.165, 1.54) is 38.5 Å². The van der Waals surface area contributed by atoms with E-state index in [1.807, 2.05) is 23.1 Å². The summed E-state index contributed by atoms with van der Waals surface area (Å²) in [5.41, 5.74) is 1.14. The lowest BCUT2D eigenvalue weighted by atomic mass is 9.49. The van der Waals surface area contributed by atoms with Crippen LogP contribution in [-0.4, -0.2) is 40.6 Å². The highest BCUT2D eigenvalue weighted by Crippen LogP contribution is 2.60. The summed E-state index contributed by atoms with van der Waals surface area (Å²) in [5.74, 6) is 2.77. The van der Waals surface area contributed by atoms with Crippen molar-refractivity contribution in [2.75, 3.05) is 19.7 Å². The number of carbonyl (C=O) groups is 1. The van der Waals surface area contributed by atoms with Crippen LogP contribution in [0.1, 0.15) is 44.2 Å². The van der Waals surface area contributed by atoms with Gasteiger partial charge in [-0.1, -0.05) is 6.07 Å². The molecule has 1 heterocycles. The first-order valence-corrected chi connectivity index (χ1v) is 9.44. The molecule has 1 aromatic heterocycles. The molecule has 0 atom stereocenters. The number of rotatable bonds is 6. The van der Waals surface area contributed by atoms with Crippen LogP contribution in [0.5, 0.6) is 0 Å². The maximum absolute atomic E-state index is 12.8. The van der Waals surface area contributed by atoms with Crippen LogP contribution in [-0.2, 0) is 11.2 Å². The monoisotopic (exact) mass is 328 g/mol. The molecule has 4 heteroatoms. The van der Waals surface area contributed by atoms with Crippen molar-refractivity contribution in [1.82, 2.24) is 9.88 Å². The van der Waals surface area contributed by atoms with Gasteiger partial charge in [-0.15, -0.1) is 0 Å². The fourth-order valence-corrected chi connectivity index (χ4v) is 6.07. The first-order valence-electron chi connectivity index (χ1n) is 9.44. The van der Waals surface area contributed by atoms with Crippen LogP contribution in [0.15, 0.2) is 24.4 Å². The highest BCUT2D eigenvalue weighted by molar-refractivity contribution is 5.78. The van der Waals surface area contributed by atoms with Crippen LogP contribution in [0, 0.1) is 23.2 Å². The number of aliphatic hydroxyl groups excluding tert-OH is 1. The molecule has 24 heavy (non-hydrogen) atoms. The van der Waals surface area contributed by atoms with Gasteiger partial charge in [-0.2, -0.15) is 0 Å². The number of carbonyl (C=O) groups excluding carboxylic acids is 1. The van der Waals surface area contributed by atoms with E-state index in [-0.39, 0.29) is 12.5 Å². The Balaban J connectivity index is 1.46. The van der Waals surface area contributed by atoms with Crippen molar-refractivity contribution in [3.63, 3.8) is 0 Å². The molecule has 1 amide bonds. The van der Waals surface area contributed by atoms with E-state index >= 15 is 0 Å². The van der Waals surface area contributed by atoms with Crippen molar-refractivity contribution < 1.29 is 9.90 Å². The number of pyridine rings is 1. The van der Waals surface area contributed by atoms with Crippen LogP contribution in [0.25, 0.3) is 0 Å². The minimum atomic E-state index is 0.0420. The van der Waals surface area contributed by atoms with E-state index in [1.54, 1.807) is 6.20 Å². The molecule has 4 saturated carbocycles. The number of amides is 1. The minimum absolute atomic E-state index is 0.0420. The molecule has 4 nitrogen and oxygen atoms in total. The molecule has 0 unspecified atom stereocenters. The molecular weight excluding hydrogens is 300 g/mol. The first-order chi connectivity index (χ1) is 11.7. The molecule has 4 fully saturated rings. The molecule has 4 aliphatic rings. The van der Waals surface area contributed by atoms with Crippen LogP contribution in [0.4, 0.5) is 0 Å². The second kappa shape index (κ2) is 6.47. The van der Waals surface area contributed by atoms with E-state index in [4.69, 9.17) is 0 Å². The second-order valence-electron chi connectivity index (χ2n) is 8.45. The molecule has 5 rings (SSSR count). The largest absolute Gasteiger partial charge is 0.395 e. The topological polar surface area (TPSA) is 53.4 Å². The van der Waals surface area contributed by atoms with Crippen molar-refractivity contribution in [3.8, 4) is 0 Å².